The molecule has 3 aliphatic rings. The van der Waals surface area contributed by atoms with Crippen LogP contribution in [-0.4, -0.2) is 52.0 Å². The maximum Gasteiger partial charge on any atom is 0.416 e. The number of benzene rings is 2. The molecule has 3 atom stereocenters. The number of nitrogens with two attached hydrogens (primary N) is 1. The van der Waals surface area contributed by atoms with Crippen LogP contribution < -0.4 is 21.3 Å². The van der Waals surface area contributed by atoms with Crippen molar-refractivity contribution in [1.29, 1.82) is 0 Å². The van der Waals surface area contributed by atoms with Gasteiger partial charge in [-0.15, -0.1) is 0 Å². The first-order valence-electron chi connectivity index (χ1n) is 14.6. The summed E-state index contributed by atoms with van der Waals surface area (Å²) in [6.45, 7) is 3.30. The van der Waals surface area contributed by atoms with Crippen molar-refractivity contribution in [2.45, 2.75) is 45.5 Å². The van der Waals surface area contributed by atoms with Crippen molar-refractivity contribution in [3.63, 3.8) is 0 Å². The number of aliphatic hydroxyl groups is 2. The zero-order chi connectivity index (χ0) is 36.8. The van der Waals surface area contributed by atoms with E-state index < -0.39 is 91.3 Å². The Bertz CT molecular complexity index is 1890. The molecule has 0 spiro atoms. The molecule has 1 fully saturated rings. The van der Waals surface area contributed by atoms with Gasteiger partial charge in [-0.1, -0.05) is 13.8 Å². The minimum Gasteiger partial charge on any atom is -0.511 e. The lowest BCUT2D eigenvalue weighted by Gasteiger charge is -2.52. The van der Waals surface area contributed by atoms with Crippen LogP contribution in [0.2, 0.25) is 0 Å². The van der Waals surface area contributed by atoms with Crippen LogP contribution >= 0.6 is 12.2 Å². The number of carbonyl (C=O) groups is 3. The van der Waals surface area contributed by atoms with Crippen LogP contribution in [0, 0.1) is 16.7 Å². The van der Waals surface area contributed by atoms with Crippen molar-refractivity contribution in [2.75, 3.05) is 29.6 Å². The molecular formula is C32H30F6N4O6S. The molecule has 49 heavy (non-hydrogen) atoms. The topological polar surface area (TPSA) is 165 Å². The Kier molecular flexibility index (Phi) is 8.25. The number of halogens is 6. The Labute approximate surface area is 280 Å². The number of ketones is 2. The van der Waals surface area contributed by atoms with E-state index in [0.717, 1.165) is 0 Å². The van der Waals surface area contributed by atoms with Gasteiger partial charge in [-0.3, -0.25) is 14.4 Å². The molecule has 3 aliphatic carbocycles. The Balaban J connectivity index is 1.59. The van der Waals surface area contributed by atoms with Gasteiger partial charge in [0.05, 0.1) is 28.3 Å². The number of allylic oxidation sites excluding steroid dienone is 2. The van der Waals surface area contributed by atoms with Crippen molar-refractivity contribution in [2.24, 2.45) is 22.5 Å². The van der Waals surface area contributed by atoms with Gasteiger partial charge in [0, 0.05) is 42.9 Å². The second-order valence-electron chi connectivity index (χ2n) is 13.2. The molecule has 1 saturated carbocycles. The van der Waals surface area contributed by atoms with Crippen LogP contribution in [0.1, 0.15) is 48.9 Å². The fourth-order valence-corrected chi connectivity index (χ4v) is 7.70. The van der Waals surface area contributed by atoms with E-state index in [2.05, 4.69) is 10.6 Å². The van der Waals surface area contributed by atoms with Gasteiger partial charge >= 0.3 is 12.4 Å². The molecule has 0 bridgehead atoms. The van der Waals surface area contributed by atoms with E-state index in [0.29, 0.717) is 23.4 Å². The first-order chi connectivity index (χ1) is 22.4. The molecule has 1 unspecified atom stereocenters. The molecule has 0 aliphatic heterocycles. The number of hydrogen-bond donors (Lipinski definition) is 6. The zero-order valence-electron chi connectivity index (χ0n) is 26.3. The average molecular weight is 713 g/mol. The lowest BCUT2D eigenvalue weighted by Crippen LogP contribution is -2.53. The monoisotopic (exact) mass is 712 g/mol. The fourth-order valence-electron chi connectivity index (χ4n) is 7.47. The standard InChI is InChI=1S/C32H30F6N4O6S/c1-29-9-15-17(42(3)4)8-16(41-28(49)40-14-6-12(31(33,34)35)5-13(7-14)32(36,37)38)23(44)19(15)24(45)21(29)26(47)22-25(46)20(27(39)48)18(43)10-30(22,2)11-29/h5-8,22,44-46H,9-11H2,1-4H3,(H2,39,48)(H2,40,41,49)/t22?,29-,30+/m0/s1. The van der Waals surface area contributed by atoms with Gasteiger partial charge in [0.25, 0.3) is 5.91 Å². The maximum atomic E-state index is 14.1. The smallest absolute Gasteiger partial charge is 0.416 e. The zero-order valence-corrected chi connectivity index (χ0v) is 27.1. The number of anilines is 3. The molecule has 17 heteroatoms. The van der Waals surface area contributed by atoms with E-state index in [9.17, 15) is 56.0 Å². The summed E-state index contributed by atoms with van der Waals surface area (Å²) in [7, 11) is 3.26. The number of amides is 1. The molecule has 0 heterocycles. The Hall–Kier alpha value is -4.80. The van der Waals surface area contributed by atoms with E-state index in [-0.39, 0.29) is 42.2 Å². The lowest BCUT2D eigenvalue weighted by molar-refractivity contribution is -0.143. The van der Waals surface area contributed by atoms with E-state index in [1.807, 2.05) is 0 Å². The van der Waals surface area contributed by atoms with Crippen LogP contribution in [-0.2, 0) is 33.2 Å². The number of hydrogen-bond acceptors (Lipinski definition) is 8. The van der Waals surface area contributed by atoms with Crippen molar-refractivity contribution in [1.82, 2.24) is 0 Å². The number of fused-ring (bicyclic) bond motifs is 3. The molecule has 5 rings (SSSR count). The number of alkyl halides is 6. The maximum absolute atomic E-state index is 14.1. The summed E-state index contributed by atoms with van der Waals surface area (Å²) in [5, 5.41) is 38.4. The second-order valence-corrected chi connectivity index (χ2v) is 13.6. The van der Waals surface area contributed by atoms with Gasteiger partial charge < -0.3 is 36.6 Å². The predicted molar refractivity (Wildman–Crippen MR) is 170 cm³/mol. The third-order valence-electron chi connectivity index (χ3n) is 9.22. The summed E-state index contributed by atoms with van der Waals surface area (Å²) < 4.78 is 80.3. The van der Waals surface area contributed by atoms with Crippen LogP contribution in [0.3, 0.4) is 0 Å². The van der Waals surface area contributed by atoms with Crippen molar-refractivity contribution in [3.05, 3.63) is 63.4 Å². The highest BCUT2D eigenvalue weighted by molar-refractivity contribution is 7.80. The number of phenolic OH excluding ortho intramolecular Hbond substituents is 1. The van der Waals surface area contributed by atoms with Gasteiger partial charge in [-0.05, 0) is 60.3 Å². The summed E-state index contributed by atoms with van der Waals surface area (Å²) in [6, 6.07) is 2.19. The van der Waals surface area contributed by atoms with Crippen LogP contribution in [0.25, 0.3) is 5.76 Å². The number of nitrogens with one attached hydrogen (secondary N) is 2. The number of primary amides is 1. The highest BCUT2D eigenvalue weighted by Gasteiger charge is 2.60. The molecule has 0 radical (unpaired) electrons. The van der Waals surface area contributed by atoms with Crippen LogP contribution in [0.15, 0.2) is 41.2 Å². The normalized spacial score (nSPS) is 23.8. The highest BCUT2D eigenvalue weighted by atomic mass is 32.1. The summed E-state index contributed by atoms with van der Waals surface area (Å²) >= 11 is 5.17. The Morgan fingerprint density at radius 3 is 2.04 bits per heavy atom. The fraction of sp³-hybridized carbons (Fsp3) is 0.375. The van der Waals surface area contributed by atoms with E-state index in [1.165, 1.54) is 6.07 Å². The number of aromatic hydroxyl groups is 1. The SMILES string of the molecule is CN(C)c1cc(NC(=S)Nc2cc(C(F)(F)F)cc(C(F)(F)F)c2)c(O)c2c1C[C@@]1(C)C[C@@]3(C)CC(=O)C(C(N)=O)=C(O)C3C(=O)C1=C2O. The quantitative estimate of drug-likeness (QED) is 0.0959. The van der Waals surface area contributed by atoms with E-state index >= 15 is 0 Å². The van der Waals surface area contributed by atoms with Gasteiger partial charge in [0.2, 0.25) is 0 Å². The van der Waals surface area contributed by atoms with Crippen LogP contribution in [0.5, 0.6) is 5.75 Å². The third-order valence-corrected chi connectivity index (χ3v) is 9.43. The number of aliphatic hydroxyl groups excluding tert-OH is 2. The highest BCUT2D eigenvalue weighted by Crippen LogP contribution is 2.62. The second kappa shape index (κ2) is 11.4. The van der Waals surface area contributed by atoms with Crippen molar-refractivity contribution >= 4 is 57.6 Å². The van der Waals surface area contributed by atoms with Crippen molar-refractivity contribution < 1.29 is 56.0 Å². The summed E-state index contributed by atoms with van der Waals surface area (Å²) in [5.41, 5.74) is -1.38. The number of rotatable bonds is 4. The number of Topliss-reactive ketones (excluding diaryl/α,β-unsaturated/α-hetero) is 2. The van der Waals surface area contributed by atoms with Gasteiger partial charge in [0.15, 0.2) is 16.7 Å². The minimum atomic E-state index is -5.11. The molecule has 10 nitrogen and oxygen atoms in total. The van der Waals surface area contributed by atoms with Gasteiger partial charge in [-0.25, -0.2) is 0 Å². The molecule has 262 valence electrons. The number of phenols is 1. The Morgan fingerprint density at radius 2 is 1.53 bits per heavy atom. The molecule has 7 N–H and O–H groups in total. The van der Waals surface area contributed by atoms with Gasteiger partial charge in [-0.2, -0.15) is 26.3 Å². The first-order valence-corrected chi connectivity index (χ1v) is 15.0. The van der Waals surface area contributed by atoms with E-state index in [4.69, 9.17) is 18.0 Å². The molecule has 0 aromatic heterocycles. The van der Waals surface area contributed by atoms with Crippen LogP contribution in [0.4, 0.5) is 43.4 Å². The number of nitrogens with zero attached hydrogens (tertiary/aromatic N) is 1. The molecular weight excluding hydrogens is 682 g/mol. The summed E-state index contributed by atoms with van der Waals surface area (Å²) in [6.07, 6.45) is -10.4. The Morgan fingerprint density at radius 1 is 0.959 bits per heavy atom. The molecule has 2 aromatic rings. The number of thiocarbonyl (C=S) groups is 1. The summed E-state index contributed by atoms with van der Waals surface area (Å²) in [5.74, 6) is -6.29. The van der Waals surface area contributed by atoms with Crippen molar-refractivity contribution in [3.8, 4) is 5.75 Å². The third kappa shape index (κ3) is 5.93. The molecule has 1 amide bonds. The summed E-state index contributed by atoms with van der Waals surface area (Å²) in [4.78, 5) is 40.6. The van der Waals surface area contributed by atoms with E-state index in [1.54, 1.807) is 32.8 Å². The van der Waals surface area contributed by atoms with Gasteiger partial charge in [0.1, 0.15) is 22.8 Å². The largest absolute Gasteiger partial charge is 0.511 e. The molecule has 0 saturated heterocycles. The number of carbonyl (C=O) groups excluding carboxylic acids is 3. The first kappa shape index (κ1) is 35.5. The predicted octanol–water partition coefficient (Wildman–Crippen LogP) is 6.00. The average Bonchev–Trinajstić information content (AvgIpc) is 2.91. The lowest BCUT2D eigenvalue weighted by atomic mass is 9.49. The minimum absolute atomic E-state index is 0.0467. The molecule has 2 aromatic carbocycles.